The van der Waals surface area contributed by atoms with Crippen LogP contribution in [0.2, 0.25) is 0 Å². The Hall–Kier alpha value is -4.07. The van der Waals surface area contributed by atoms with Crippen LogP contribution in [0.15, 0.2) is 54.6 Å². The Labute approximate surface area is 211 Å². The second-order valence-electron chi connectivity index (χ2n) is 8.52. The molecule has 3 aromatic carbocycles. The molecule has 0 aliphatic carbocycles. The van der Waals surface area contributed by atoms with Crippen LogP contribution in [0.1, 0.15) is 35.3 Å². The second-order valence-corrected chi connectivity index (χ2v) is 8.52. The maximum Gasteiger partial charge on any atom is 0.258 e. The van der Waals surface area contributed by atoms with Gasteiger partial charge < -0.3 is 33.9 Å². The van der Waals surface area contributed by atoms with E-state index in [-0.39, 0.29) is 18.0 Å². The molecule has 0 fully saturated rings. The molecule has 8 nitrogen and oxygen atoms in total. The highest BCUT2D eigenvalue weighted by atomic mass is 16.5. The molecule has 0 radical (unpaired) electrons. The van der Waals surface area contributed by atoms with Crippen LogP contribution < -0.4 is 33.9 Å². The molecule has 1 amide bonds. The number of hydrogen-bond donors (Lipinski definition) is 1. The largest absolute Gasteiger partial charge is 0.497 e. The number of nitrogens with one attached hydrogen (secondary N) is 1. The number of ether oxygens (including phenoxy) is 5. The molecule has 2 atom stereocenters. The van der Waals surface area contributed by atoms with Gasteiger partial charge in [0.05, 0.1) is 53.0 Å². The SMILES string of the molecule is COc1ccc(C(=O)N2c3c(OC)cc(OC)cc3C(Nc3ccc(OC)cc3OC)CC2C)cc1. The summed E-state index contributed by atoms with van der Waals surface area (Å²) in [4.78, 5) is 15.6. The van der Waals surface area contributed by atoms with Crippen molar-refractivity contribution in [1.82, 2.24) is 0 Å². The number of amides is 1. The maximum absolute atomic E-state index is 13.8. The molecule has 0 spiro atoms. The minimum atomic E-state index is -0.138. The van der Waals surface area contributed by atoms with Crippen LogP contribution in [-0.4, -0.2) is 47.5 Å². The van der Waals surface area contributed by atoms with E-state index in [4.69, 9.17) is 23.7 Å². The fraction of sp³-hybridized carbons (Fsp3) is 0.321. The van der Waals surface area contributed by atoms with Gasteiger partial charge >= 0.3 is 0 Å². The minimum Gasteiger partial charge on any atom is -0.497 e. The van der Waals surface area contributed by atoms with Gasteiger partial charge in [0.15, 0.2) is 0 Å². The van der Waals surface area contributed by atoms with Crippen molar-refractivity contribution in [3.63, 3.8) is 0 Å². The Morgan fingerprint density at radius 2 is 1.39 bits per heavy atom. The summed E-state index contributed by atoms with van der Waals surface area (Å²) in [5.41, 5.74) is 2.99. The normalized spacial score (nSPS) is 16.6. The summed E-state index contributed by atoms with van der Waals surface area (Å²) in [6, 6.07) is 16.2. The van der Waals surface area contributed by atoms with E-state index in [9.17, 15) is 4.79 Å². The predicted molar refractivity (Wildman–Crippen MR) is 139 cm³/mol. The minimum absolute atomic E-state index is 0.115. The zero-order valence-electron chi connectivity index (χ0n) is 21.5. The highest BCUT2D eigenvalue weighted by Gasteiger charge is 2.37. The topological polar surface area (TPSA) is 78.5 Å². The molecule has 3 aromatic rings. The van der Waals surface area contributed by atoms with Gasteiger partial charge in [0.25, 0.3) is 5.91 Å². The Kier molecular flexibility index (Phi) is 7.43. The third-order valence-corrected chi connectivity index (χ3v) is 6.46. The van der Waals surface area contributed by atoms with E-state index in [0.717, 1.165) is 11.3 Å². The zero-order chi connectivity index (χ0) is 25.8. The van der Waals surface area contributed by atoms with E-state index in [1.165, 1.54) is 0 Å². The third kappa shape index (κ3) is 4.71. The van der Waals surface area contributed by atoms with Crippen molar-refractivity contribution in [2.45, 2.75) is 25.4 Å². The van der Waals surface area contributed by atoms with E-state index in [0.29, 0.717) is 46.4 Å². The average molecular weight is 493 g/mol. The van der Waals surface area contributed by atoms with Crippen molar-refractivity contribution >= 4 is 17.3 Å². The fourth-order valence-electron chi connectivity index (χ4n) is 4.61. The van der Waals surface area contributed by atoms with E-state index in [1.807, 2.05) is 31.2 Å². The number of rotatable bonds is 8. The standard InChI is InChI=1S/C28H32N2O6/c1-17-13-24(29-23-12-11-20(33-3)15-25(23)35-5)22-14-21(34-4)16-26(36-6)27(22)30(17)28(31)18-7-9-19(32-2)10-8-18/h7-12,14-17,24,29H,13H2,1-6H3. The van der Waals surface area contributed by atoms with Gasteiger partial charge in [-0.05, 0) is 55.8 Å². The van der Waals surface area contributed by atoms with Gasteiger partial charge in [-0.15, -0.1) is 0 Å². The van der Waals surface area contributed by atoms with Crippen molar-refractivity contribution < 1.29 is 28.5 Å². The van der Waals surface area contributed by atoms with Crippen LogP contribution in [-0.2, 0) is 0 Å². The van der Waals surface area contributed by atoms with Crippen LogP contribution in [0.3, 0.4) is 0 Å². The van der Waals surface area contributed by atoms with E-state index < -0.39 is 0 Å². The Bertz CT molecular complexity index is 1230. The van der Waals surface area contributed by atoms with Crippen LogP contribution in [0, 0.1) is 0 Å². The first-order valence-electron chi connectivity index (χ1n) is 11.7. The molecule has 0 bridgehead atoms. The quantitative estimate of drug-likeness (QED) is 0.456. The van der Waals surface area contributed by atoms with Crippen molar-refractivity contribution in [3.05, 3.63) is 65.7 Å². The number of benzene rings is 3. The van der Waals surface area contributed by atoms with Gasteiger partial charge in [-0.1, -0.05) is 0 Å². The summed E-state index contributed by atoms with van der Waals surface area (Å²) in [5, 5.41) is 3.61. The fourth-order valence-corrected chi connectivity index (χ4v) is 4.61. The first-order chi connectivity index (χ1) is 17.4. The molecule has 8 heteroatoms. The maximum atomic E-state index is 13.8. The molecule has 1 aliphatic rings. The Morgan fingerprint density at radius 3 is 2.00 bits per heavy atom. The Morgan fingerprint density at radius 1 is 0.778 bits per heavy atom. The van der Waals surface area contributed by atoms with Gasteiger partial charge in [0, 0.05) is 29.3 Å². The summed E-state index contributed by atoms with van der Waals surface area (Å²) in [6.07, 6.45) is 0.653. The highest BCUT2D eigenvalue weighted by molar-refractivity contribution is 6.08. The van der Waals surface area contributed by atoms with E-state index >= 15 is 0 Å². The molecule has 0 saturated heterocycles. The van der Waals surface area contributed by atoms with Gasteiger partial charge in [0.1, 0.15) is 28.7 Å². The lowest BCUT2D eigenvalue weighted by atomic mass is 9.90. The number of carbonyl (C=O) groups is 1. The van der Waals surface area contributed by atoms with E-state index in [1.54, 1.807) is 70.8 Å². The second kappa shape index (κ2) is 10.7. The third-order valence-electron chi connectivity index (χ3n) is 6.46. The lowest BCUT2D eigenvalue weighted by Gasteiger charge is -2.41. The molecule has 1 aliphatic heterocycles. The monoisotopic (exact) mass is 492 g/mol. The van der Waals surface area contributed by atoms with Crippen molar-refractivity contribution in [1.29, 1.82) is 0 Å². The molecule has 36 heavy (non-hydrogen) atoms. The Balaban J connectivity index is 1.79. The average Bonchev–Trinajstić information content (AvgIpc) is 2.92. The number of nitrogens with zero attached hydrogens (tertiary/aromatic N) is 1. The number of methoxy groups -OCH3 is 5. The molecule has 1 heterocycles. The van der Waals surface area contributed by atoms with Gasteiger partial charge in [0.2, 0.25) is 0 Å². The summed E-state index contributed by atoms with van der Waals surface area (Å²) >= 11 is 0. The van der Waals surface area contributed by atoms with Crippen LogP contribution in [0.4, 0.5) is 11.4 Å². The number of hydrogen-bond acceptors (Lipinski definition) is 7. The highest BCUT2D eigenvalue weighted by Crippen LogP contribution is 2.48. The summed E-state index contributed by atoms with van der Waals surface area (Å²) in [6.45, 7) is 2.04. The molecule has 1 N–H and O–H groups in total. The summed E-state index contributed by atoms with van der Waals surface area (Å²) in [5.74, 6) is 3.15. The van der Waals surface area contributed by atoms with Crippen molar-refractivity contribution in [2.24, 2.45) is 0 Å². The van der Waals surface area contributed by atoms with Crippen molar-refractivity contribution in [2.75, 3.05) is 45.8 Å². The lowest BCUT2D eigenvalue weighted by molar-refractivity contribution is 0.0973. The van der Waals surface area contributed by atoms with Crippen molar-refractivity contribution in [3.8, 4) is 28.7 Å². The summed E-state index contributed by atoms with van der Waals surface area (Å²) < 4.78 is 27.5. The molecular formula is C28H32N2O6. The molecule has 4 rings (SSSR count). The molecule has 2 unspecified atom stereocenters. The van der Waals surface area contributed by atoms with Gasteiger partial charge in [-0.25, -0.2) is 0 Å². The first kappa shape index (κ1) is 25.0. The number of carbonyl (C=O) groups excluding carboxylic acids is 1. The first-order valence-corrected chi connectivity index (χ1v) is 11.7. The number of anilines is 2. The van der Waals surface area contributed by atoms with Gasteiger partial charge in [-0.2, -0.15) is 0 Å². The smallest absolute Gasteiger partial charge is 0.258 e. The molecule has 0 aromatic heterocycles. The molecule has 190 valence electrons. The van der Waals surface area contributed by atoms with Crippen LogP contribution >= 0.6 is 0 Å². The number of fused-ring (bicyclic) bond motifs is 1. The summed E-state index contributed by atoms with van der Waals surface area (Å²) in [7, 11) is 8.05. The predicted octanol–water partition coefficient (Wildman–Crippen LogP) is 5.32. The van der Waals surface area contributed by atoms with Crippen LogP contribution in [0.5, 0.6) is 28.7 Å². The van der Waals surface area contributed by atoms with Gasteiger partial charge in [-0.3, -0.25) is 4.79 Å². The lowest BCUT2D eigenvalue weighted by Crippen LogP contribution is -2.44. The molecular weight excluding hydrogens is 460 g/mol. The van der Waals surface area contributed by atoms with Crippen LogP contribution in [0.25, 0.3) is 0 Å². The molecule has 0 saturated carbocycles. The zero-order valence-corrected chi connectivity index (χ0v) is 21.5. The van der Waals surface area contributed by atoms with E-state index in [2.05, 4.69) is 5.32 Å².